The van der Waals surface area contributed by atoms with Crippen molar-refractivity contribution in [2.75, 3.05) is 39.9 Å². The molecule has 0 radical (unpaired) electrons. The lowest BCUT2D eigenvalue weighted by atomic mass is 10.2. The molecule has 3 N–H and O–H groups in total. The highest BCUT2D eigenvalue weighted by molar-refractivity contribution is 5.79. The zero-order valence-electron chi connectivity index (χ0n) is 17.6. The highest BCUT2D eigenvalue weighted by Crippen LogP contribution is 2.16. The Kier molecular flexibility index (Phi) is 10.6. The molecule has 0 unspecified atom stereocenters. The largest absolute Gasteiger partial charge is 0.497 e. The average molecular weight is 395 g/mol. The number of alkyl carbamates (subject to hydrolysis) is 1. The average Bonchev–Trinajstić information content (AvgIpc) is 2.64. The standard InChI is InChI=1S/C20H34N4O4/c1-6-21-18(23-13-14-24-19(25)28-20(2,3)4)22-12-7-15-27-17-10-8-16(26-5)9-11-17/h8-11H,6-7,12-15H2,1-5H3,(H,24,25)(H2,21,22,23). The van der Waals surface area contributed by atoms with Gasteiger partial charge in [0.05, 0.1) is 13.7 Å². The first-order valence-corrected chi connectivity index (χ1v) is 9.60. The van der Waals surface area contributed by atoms with Crippen LogP contribution in [0.15, 0.2) is 29.3 Å². The molecule has 0 aromatic heterocycles. The van der Waals surface area contributed by atoms with Crippen molar-refractivity contribution in [1.82, 2.24) is 16.0 Å². The maximum absolute atomic E-state index is 11.6. The summed E-state index contributed by atoms with van der Waals surface area (Å²) in [4.78, 5) is 16.1. The van der Waals surface area contributed by atoms with Crippen molar-refractivity contribution < 1.29 is 19.0 Å². The molecular weight excluding hydrogens is 360 g/mol. The molecule has 1 amide bonds. The molecule has 158 valence electrons. The van der Waals surface area contributed by atoms with E-state index in [2.05, 4.69) is 20.9 Å². The van der Waals surface area contributed by atoms with Gasteiger partial charge >= 0.3 is 6.09 Å². The Hall–Kier alpha value is -2.64. The number of amides is 1. The molecular formula is C20H34N4O4. The molecule has 0 atom stereocenters. The quantitative estimate of drug-likeness (QED) is 0.321. The third-order valence-corrected chi connectivity index (χ3v) is 3.33. The van der Waals surface area contributed by atoms with Gasteiger partial charge in [-0.2, -0.15) is 0 Å². The monoisotopic (exact) mass is 394 g/mol. The lowest BCUT2D eigenvalue weighted by Gasteiger charge is -2.19. The smallest absolute Gasteiger partial charge is 0.407 e. The number of ether oxygens (including phenoxy) is 3. The molecule has 0 aliphatic heterocycles. The summed E-state index contributed by atoms with van der Waals surface area (Å²) in [6.07, 6.45) is 0.366. The van der Waals surface area contributed by atoms with Crippen LogP contribution in [0.1, 0.15) is 34.1 Å². The number of hydrogen-bond donors (Lipinski definition) is 3. The van der Waals surface area contributed by atoms with Crippen LogP contribution in [0, 0.1) is 0 Å². The normalized spacial score (nSPS) is 11.5. The Morgan fingerprint density at radius 2 is 1.68 bits per heavy atom. The molecule has 1 rings (SSSR count). The molecule has 0 aliphatic rings. The van der Waals surface area contributed by atoms with Gasteiger partial charge < -0.3 is 30.2 Å². The SMILES string of the molecule is CCNC(=NCCCOc1ccc(OC)cc1)NCCNC(=O)OC(C)(C)C. The lowest BCUT2D eigenvalue weighted by molar-refractivity contribution is 0.0529. The summed E-state index contributed by atoms with van der Waals surface area (Å²) < 4.78 is 16.0. The van der Waals surface area contributed by atoms with E-state index in [1.807, 2.05) is 52.0 Å². The second-order valence-electron chi connectivity index (χ2n) is 6.99. The first-order chi connectivity index (χ1) is 13.3. The Labute approximate surface area is 168 Å². The van der Waals surface area contributed by atoms with Crippen molar-refractivity contribution in [3.05, 3.63) is 24.3 Å². The number of nitrogens with one attached hydrogen (secondary N) is 3. The van der Waals surface area contributed by atoms with E-state index in [4.69, 9.17) is 14.2 Å². The molecule has 0 bridgehead atoms. The van der Waals surface area contributed by atoms with Crippen molar-refractivity contribution in [3.63, 3.8) is 0 Å². The minimum atomic E-state index is -0.498. The van der Waals surface area contributed by atoms with Crippen molar-refractivity contribution in [3.8, 4) is 11.5 Å². The van der Waals surface area contributed by atoms with Crippen LogP contribution in [-0.2, 0) is 4.74 Å². The predicted octanol–water partition coefficient (Wildman–Crippen LogP) is 2.54. The molecule has 0 fully saturated rings. The number of carbonyl (C=O) groups is 1. The number of methoxy groups -OCH3 is 1. The zero-order chi connectivity index (χ0) is 20.8. The van der Waals surface area contributed by atoms with Gasteiger partial charge in [0.1, 0.15) is 17.1 Å². The molecule has 1 aromatic carbocycles. The summed E-state index contributed by atoms with van der Waals surface area (Å²) in [5.74, 6) is 2.32. The van der Waals surface area contributed by atoms with Gasteiger partial charge in [-0.15, -0.1) is 0 Å². The van der Waals surface area contributed by atoms with E-state index in [0.717, 1.165) is 24.5 Å². The molecule has 0 saturated heterocycles. The van der Waals surface area contributed by atoms with E-state index in [0.29, 0.717) is 32.2 Å². The van der Waals surface area contributed by atoms with Gasteiger partial charge in [-0.05, 0) is 52.0 Å². The van der Waals surface area contributed by atoms with E-state index in [-0.39, 0.29) is 0 Å². The maximum atomic E-state index is 11.6. The van der Waals surface area contributed by atoms with Crippen LogP contribution < -0.4 is 25.4 Å². The number of hydrogen-bond acceptors (Lipinski definition) is 5. The number of guanidine groups is 1. The summed E-state index contributed by atoms with van der Waals surface area (Å²) in [5.41, 5.74) is -0.498. The molecule has 0 spiro atoms. The first-order valence-electron chi connectivity index (χ1n) is 9.60. The Bertz CT molecular complexity index is 597. The molecule has 1 aromatic rings. The van der Waals surface area contributed by atoms with E-state index in [1.54, 1.807) is 7.11 Å². The molecule has 0 saturated carbocycles. The third kappa shape index (κ3) is 11.2. The van der Waals surface area contributed by atoms with Gasteiger partial charge in [-0.1, -0.05) is 0 Å². The van der Waals surface area contributed by atoms with Crippen molar-refractivity contribution in [2.45, 2.75) is 39.7 Å². The topological polar surface area (TPSA) is 93.2 Å². The fourth-order valence-corrected chi connectivity index (χ4v) is 2.12. The fourth-order valence-electron chi connectivity index (χ4n) is 2.12. The van der Waals surface area contributed by atoms with E-state index < -0.39 is 11.7 Å². The Morgan fingerprint density at radius 3 is 2.29 bits per heavy atom. The van der Waals surface area contributed by atoms with E-state index >= 15 is 0 Å². The number of nitrogens with zero attached hydrogens (tertiary/aromatic N) is 1. The minimum Gasteiger partial charge on any atom is -0.497 e. The van der Waals surface area contributed by atoms with Crippen LogP contribution in [0.5, 0.6) is 11.5 Å². The highest BCUT2D eigenvalue weighted by Gasteiger charge is 2.15. The van der Waals surface area contributed by atoms with Gasteiger partial charge in [0.15, 0.2) is 5.96 Å². The molecule has 28 heavy (non-hydrogen) atoms. The minimum absolute atomic E-state index is 0.424. The molecule has 8 heteroatoms. The number of benzene rings is 1. The van der Waals surface area contributed by atoms with Crippen LogP contribution in [0.3, 0.4) is 0 Å². The van der Waals surface area contributed by atoms with Crippen LogP contribution >= 0.6 is 0 Å². The van der Waals surface area contributed by atoms with Gasteiger partial charge in [0.25, 0.3) is 0 Å². The summed E-state index contributed by atoms with van der Waals surface area (Å²) in [6, 6.07) is 7.49. The van der Waals surface area contributed by atoms with Crippen LogP contribution in [0.25, 0.3) is 0 Å². The molecule has 0 heterocycles. The highest BCUT2D eigenvalue weighted by atomic mass is 16.6. The van der Waals surface area contributed by atoms with Gasteiger partial charge in [-0.3, -0.25) is 4.99 Å². The van der Waals surface area contributed by atoms with Gasteiger partial charge in [0, 0.05) is 32.6 Å². The first kappa shape index (κ1) is 23.4. The number of aliphatic imine (C=N–C) groups is 1. The molecule has 0 aliphatic carbocycles. The van der Waals surface area contributed by atoms with E-state index in [1.165, 1.54) is 0 Å². The van der Waals surface area contributed by atoms with Gasteiger partial charge in [0.2, 0.25) is 0 Å². The predicted molar refractivity (Wildman–Crippen MR) is 111 cm³/mol. The summed E-state index contributed by atoms with van der Waals surface area (Å²) in [7, 11) is 1.64. The Balaban J connectivity index is 2.24. The van der Waals surface area contributed by atoms with Crippen molar-refractivity contribution >= 4 is 12.1 Å². The van der Waals surface area contributed by atoms with E-state index in [9.17, 15) is 4.79 Å². The van der Waals surface area contributed by atoms with Crippen molar-refractivity contribution in [2.24, 2.45) is 4.99 Å². The number of rotatable bonds is 10. The Morgan fingerprint density at radius 1 is 1.04 bits per heavy atom. The van der Waals surface area contributed by atoms with Crippen molar-refractivity contribution in [1.29, 1.82) is 0 Å². The van der Waals surface area contributed by atoms with Crippen LogP contribution in [0.4, 0.5) is 4.79 Å². The van der Waals surface area contributed by atoms with Crippen LogP contribution in [-0.4, -0.2) is 57.5 Å². The van der Waals surface area contributed by atoms with Crippen LogP contribution in [0.2, 0.25) is 0 Å². The maximum Gasteiger partial charge on any atom is 0.407 e. The fraction of sp³-hybridized carbons (Fsp3) is 0.600. The number of carbonyl (C=O) groups excluding carboxylic acids is 1. The zero-order valence-corrected chi connectivity index (χ0v) is 17.6. The molecule has 8 nitrogen and oxygen atoms in total. The summed E-state index contributed by atoms with van der Waals surface area (Å²) in [6.45, 7) is 10.5. The summed E-state index contributed by atoms with van der Waals surface area (Å²) >= 11 is 0. The lowest BCUT2D eigenvalue weighted by Crippen LogP contribution is -2.42. The third-order valence-electron chi connectivity index (χ3n) is 3.33. The second-order valence-corrected chi connectivity index (χ2v) is 6.99. The summed E-state index contributed by atoms with van der Waals surface area (Å²) in [5, 5.41) is 9.05. The second kappa shape index (κ2) is 12.7. The van der Waals surface area contributed by atoms with Gasteiger partial charge in [-0.25, -0.2) is 4.79 Å².